The maximum atomic E-state index is 12.7. The Morgan fingerprint density at radius 1 is 0.731 bits per heavy atom. The number of halogens is 5. The maximum Gasteiger partial charge on any atom is 0.310 e. The van der Waals surface area contributed by atoms with Crippen molar-refractivity contribution in [2.24, 2.45) is 0 Å². The molecule has 0 unspecified atom stereocenters. The summed E-state index contributed by atoms with van der Waals surface area (Å²) in [5.41, 5.74) is 1.58. The Balaban J connectivity index is 1.89. The summed E-state index contributed by atoms with van der Waals surface area (Å²) in [6, 6.07) is 10.7. The Labute approximate surface area is 150 Å². The fourth-order valence-electron chi connectivity index (χ4n) is 2.50. The molecule has 0 amide bonds. The van der Waals surface area contributed by atoms with E-state index in [4.69, 9.17) is 4.74 Å². The highest BCUT2D eigenvalue weighted by atomic mass is 32.5. The highest BCUT2D eigenvalue weighted by Crippen LogP contribution is 3.02. The van der Waals surface area contributed by atoms with Gasteiger partial charge in [0.25, 0.3) is 0 Å². The van der Waals surface area contributed by atoms with E-state index in [-0.39, 0.29) is 0 Å². The van der Waals surface area contributed by atoms with Crippen LogP contribution in [-0.2, 0) is 12.8 Å². The van der Waals surface area contributed by atoms with Crippen molar-refractivity contribution in [2.45, 2.75) is 43.9 Å². The third kappa shape index (κ3) is 6.52. The van der Waals surface area contributed by atoms with Crippen LogP contribution in [0.15, 0.2) is 53.4 Å². The first-order valence-corrected chi connectivity index (χ1v) is 10.5. The predicted molar refractivity (Wildman–Crippen MR) is 96.7 cm³/mol. The van der Waals surface area contributed by atoms with Crippen molar-refractivity contribution in [3.8, 4) is 5.75 Å². The summed E-state index contributed by atoms with van der Waals surface area (Å²) in [6.45, 7) is 2.80. The summed E-state index contributed by atoms with van der Waals surface area (Å²) in [6.07, 6.45) is 4.33. The molecule has 0 spiro atoms. The van der Waals surface area contributed by atoms with Gasteiger partial charge in [-0.1, -0.05) is 63.5 Å². The molecule has 0 fully saturated rings. The molecule has 26 heavy (non-hydrogen) atoms. The third-order valence-electron chi connectivity index (χ3n) is 4.01. The van der Waals surface area contributed by atoms with Crippen LogP contribution in [0.5, 0.6) is 5.75 Å². The zero-order chi connectivity index (χ0) is 19.3. The fourth-order valence-corrected chi connectivity index (χ4v) is 3.15. The summed E-state index contributed by atoms with van der Waals surface area (Å²) >= 11 is 0. The monoisotopic (exact) mass is 394 g/mol. The van der Waals surface area contributed by atoms with E-state index in [2.05, 4.69) is 6.92 Å². The molecule has 2 aromatic rings. The summed E-state index contributed by atoms with van der Waals surface area (Å²) < 4.78 is 69.1. The molecule has 0 radical (unpaired) electrons. The molecular formula is C19H23F5OS. The van der Waals surface area contributed by atoms with Crippen molar-refractivity contribution in [1.82, 2.24) is 0 Å². The van der Waals surface area contributed by atoms with Crippen LogP contribution in [0, 0.1) is 0 Å². The molecule has 0 aromatic heterocycles. The van der Waals surface area contributed by atoms with E-state index in [1.807, 2.05) is 24.3 Å². The number of aryl methyl sites for hydroxylation is 2. The highest BCUT2D eigenvalue weighted by Gasteiger charge is 2.65. The molecule has 7 heteroatoms. The lowest BCUT2D eigenvalue weighted by Crippen LogP contribution is -2.06. The zero-order valence-electron chi connectivity index (χ0n) is 14.6. The van der Waals surface area contributed by atoms with Gasteiger partial charge in [0.15, 0.2) is 0 Å². The van der Waals surface area contributed by atoms with Crippen LogP contribution in [0.25, 0.3) is 0 Å². The van der Waals surface area contributed by atoms with E-state index in [1.165, 1.54) is 0 Å². The first-order valence-electron chi connectivity index (χ1n) is 8.53. The van der Waals surface area contributed by atoms with E-state index in [0.29, 0.717) is 37.1 Å². The van der Waals surface area contributed by atoms with Gasteiger partial charge in [-0.2, -0.15) is 0 Å². The van der Waals surface area contributed by atoms with Gasteiger partial charge in [0, 0.05) is 0 Å². The molecule has 2 rings (SSSR count). The van der Waals surface area contributed by atoms with E-state index in [9.17, 15) is 19.4 Å². The standard InChI is InChI=1S/C19H23F5OS/c1-2-3-4-15-25-18-11-7-16(8-12-18)5-6-17-9-13-19(14-10-17)26(20,21,22,23)24/h7-14H,2-6,15H2,1H3. The quantitative estimate of drug-likeness (QED) is 0.313. The molecule has 146 valence electrons. The topological polar surface area (TPSA) is 9.23 Å². The molecule has 0 atom stereocenters. The first-order chi connectivity index (χ1) is 12.0. The molecule has 0 heterocycles. The van der Waals surface area contributed by atoms with Crippen molar-refractivity contribution >= 4 is 10.2 Å². The van der Waals surface area contributed by atoms with Crippen LogP contribution in [-0.4, -0.2) is 6.61 Å². The van der Waals surface area contributed by atoms with Gasteiger partial charge < -0.3 is 4.74 Å². The number of rotatable bonds is 9. The molecule has 0 saturated heterocycles. The lowest BCUT2D eigenvalue weighted by Gasteiger charge is -2.40. The van der Waals surface area contributed by atoms with Crippen molar-refractivity contribution in [1.29, 1.82) is 0 Å². The molecule has 0 aliphatic carbocycles. The molecule has 1 nitrogen and oxygen atoms in total. The van der Waals surface area contributed by atoms with E-state index < -0.39 is 15.1 Å². The molecule has 0 bridgehead atoms. The summed E-state index contributed by atoms with van der Waals surface area (Å²) in [4.78, 5) is -1.85. The smallest absolute Gasteiger partial charge is 0.310 e. The number of unbranched alkanes of at least 4 members (excludes halogenated alkanes) is 2. The van der Waals surface area contributed by atoms with Crippen LogP contribution in [0.2, 0.25) is 0 Å². The predicted octanol–water partition coefficient (Wildman–Crippen LogP) is 7.70. The molecule has 0 aliphatic heterocycles. The van der Waals surface area contributed by atoms with E-state index in [0.717, 1.165) is 42.7 Å². The molecule has 0 saturated carbocycles. The van der Waals surface area contributed by atoms with Crippen LogP contribution in [0.3, 0.4) is 0 Å². The first kappa shape index (κ1) is 20.6. The number of ether oxygens (including phenoxy) is 1. The van der Waals surface area contributed by atoms with Gasteiger partial charge in [-0.05, 0) is 54.7 Å². The van der Waals surface area contributed by atoms with Gasteiger partial charge in [-0.25, -0.2) is 0 Å². The Kier molecular flexibility index (Phi) is 5.61. The zero-order valence-corrected chi connectivity index (χ0v) is 15.4. The molecule has 2 aromatic carbocycles. The van der Waals surface area contributed by atoms with Crippen LogP contribution in [0.4, 0.5) is 19.4 Å². The summed E-state index contributed by atoms with van der Waals surface area (Å²) in [5, 5.41) is 0. The minimum Gasteiger partial charge on any atom is -0.494 e. The minimum atomic E-state index is -9.59. The number of hydrogen-bond donors (Lipinski definition) is 0. The van der Waals surface area contributed by atoms with Gasteiger partial charge in [0.05, 0.1) is 6.61 Å². The van der Waals surface area contributed by atoms with Crippen molar-refractivity contribution in [3.63, 3.8) is 0 Å². The van der Waals surface area contributed by atoms with Gasteiger partial charge in [-0.15, -0.1) is 0 Å². The average molecular weight is 394 g/mol. The van der Waals surface area contributed by atoms with Gasteiger partial charge >= 0.3 is 10.2 Å². The maximum absolute atomic E-state index is 12.7. The van der Waals surface area contributed by atoms with Crippen LogP contribution < -0.4 is 4.74 Å². The van der Waals surface area contributed by atoms with Gasteiger partial charge in [0.1, 0.15) is 10.6 Å². The summed E-state index contributed by atoms with van der Waals surface area (Å²) in [5.74, 6) is 0.782. The SMILES string of the molecule is CCCCCOc1ccc(CCc2ccc(S(F)(F)(F)(F)F)cc2)cc1. The highest BCUT2D eigenvalue weighted by molar-refractivity contribution is 8.45. The Morgan fingerprint density at radius 2 is 1.23 bits per heavy atom. The molecule has 0 aliphatic rings. The van der Waals surface area contributed by atoms with E-state index in [1.54, 1.807) is 0 Å². The van der Waals surface area contributed by atoms with Crippen molar-refractivity contribution < 1.29 is 24.2 Å². The molecule has 0 N–H and O–H groups in total. The van der Waals surface area contributed by atoms with E-state index >= 15 is 0 Å². The Morgan fingerprint density at radius 3 is 1.69 bits per heavy atom. The second-order valence-electron chi connectivity index (χ2n) is 6.31. The molecular weight excluding hydrogens is 371 g/mol. The second kappa shape index (κ2) is 7.10. The fraction of sp³-hybridized carbons (Fsp3) is 0.368. The van der Waals surface area contributed by atoms with Crippen molar-refractivity contribution in [2.75, 3.05) is 6.61 Å². The number of benzene rings is 2. The normalized spacial score (nSPS) is 14.5. The lowest BCUT2D eigenvalue weighted by molar-refractivity contribution is 0.306. The number of hydrogen-bond acceptors (Lipinski definition) is 1. The Bertz CT molecular complexity index is 709. The minimum absolute atomic E-state index is 0.462. The van der Waals surface area contributed by atoms with Crippen LogP contribution >= 0.6 is 10.2 Å². The van der Waals surface area contributed by atoms with Crippen molar-refractivity contribution in [3.05, 3.63) is 59.7 Å². The average Bonchev–Trinajstić information content (AvgIpc) is 2.56. The second-order valence-corrected chi connectivity index (χ2v) is 8.72. The lowest BCUT2D eigenvalue weighted by atomic mass is 10.0. The third-order valence-corrected chi connectivity index (χ3v) is 5.17. The summed E-state index contributed by atoms with van der Waals surface area (Å²) in [7, 11) is -9.59. The van der Waals surface area contributed by atoms with Crippen LogP contribution in [0.1, 0.15) is 37.3 Å². The van der Waals surface area contributed by atoms with Gasteiger partial charge in [-0.3, -0.25) is 0 Å². The Hall–Kier alpha value is -1.76. The van der Waals surface area contributed by atoms with Gasteiger partial charge in [0.2, 0.25) is 0 Å². The largest absolute Gasteiger partial charge is 0.494 e.